The van der Waals surface area contributed by atoms with E-state index >= 15 is 0 Å². The first-order valence-electron chi connectivity index (χ1n) is 14.3. The van der Waals surface area contributed by atoms with Crippen LogP contribution in [0.1, 0.15) is 13.3 Å². The molecule has 0 unspecified atom stereocenters. The highest BCUT2D eigenvalue weighted by Gasteiger charge is 2.30. The lowest BCUT2D eigenvalue weighted by atomic mass is 9.88. The molecule has 4 aromatic rings. The van der Waals surface area contributed by atoms with Gasteiger partial charge >= 0.3 is 5.97 Å². The van der Waals surface area contributed by atoms with Crippen molar-refractivity contribution < 1.29 is 38.7 Å². The van der Waals surface area contributed by atoms with Gasteiger partial charge in [0.25, 0.3) is 0 Å². The van der Waals surface area contributed by atoms with Gasteiger partial charge in [-0.15, -0.1) is 0 Å². The first-order chi connectivity index (χ1) is 21.0. The molecule has 0 aliphatic carbocycles. The van der Waals surface area contributed by atoms with E-state index in [0.717, 1.165) is 32.9 Å². The fraction of sp³-hybridized carbons (Fsp3) is 0.394. The first-order valence-corrected chi connectivity index (χ1v) is 14.7. The number of benzene rings is 3. The van der Waals surface area contributed by atoms with Gasteiger partial charge in [-0.05, 0) is 36.2 Å². The predicted octanol–water partition coefficient (Wildman–Crippen LogP) is 5.06. The summed E-state index contributed by atoms with van der Waals surface area (Å²) in [4.78, 5) is 17.1. The number of esters is 1. The number of ether oxygens (including phenoxy) is 5. The molecule has 3 aromatic carbocycles. The number of fused-ring (bicyclic) bond motifs is 2. The summed E-state index contributed by atoms with van der Waals surface area (Å²) in [6, 6.07) is 21.5. The Balaban J connectivity index is 1.30. The van der Waals surface area contributed by atoms with Crippen molar-refractivity contribution in [3.8, 4) is 16.9 Å². The summed E-state index contributed by atoms with van der Waals surface area (Å²) in [7, 11) is 0. The van der Waals surface area contributed by atoms with E-state index < -0.39 is 11.4 Å². The van der Waals surface area contributed by atoms with Gasteiger partial charge in [0, 0.05) is 21.8 Å². The lowest BCUT2D eigenvalue weighted by Crippen LogP contribution is -2.38. The third kappa shape index (κ3) is 8.86. The number of rotatable bonds is 18. The van der Waals surface area contributed by atoms with Crippen LogP contribution < -0.4 is 4.74 Å². The maximum atomic E-state index is 12.3. The third-order valence-corrected chi connectivity index (χ3v) is 7.39. The molecule has 9 nitrogen and oxygen atoms in total. The van der Waals surface area contributed by atoms with Crippen LogP contribution in [0.25, 0.3) is 32.9 Å². The van der Waals surface area contributed by atoms with Crippen LogP contribution in [0.5, 0.6) is 5.75 Å². The smallest absolute Gasteiger partial charge is 0.344 e. The Bertz CT molecular complexity index is 1420. The first kappa shape index (κ1) is 32.6. The topological polar surface area (TPSA) is 117 Å². The number of pyridine rings is 1. The number of para-hydroxylation sites is 2. The highest BCUT2D eigenvalue weighted by atomic mass is 35.5. The maximum Gasteiger partial charge on any atom is 0.344 e. The van der Waals surface area contributed by atoms with Gasteiger partial charge in [0.2, 0.25) is 0 Å². The Labute approximate surface area is 256 Å². The monoisotopic (exact) mass is 611 g/mol. The normalized spacial score (nSPS) is 11.7. The van der Waals surface area contributed by atoms with E-state index in [1.165, 1.54) is 0 Å². The molecule has 0 bridgehead atoms. The molecular weight excluding hydrogens is 574 g/mol. The molecule has 2 N–H and O–H groups in total. The van der Waals surface area contributed by atoms with E-state index in [2.05, 4.69) is 0 Å². The largest absolute Gasteiger partial charge is 0.480 e. The van der Waals surface area contributed by atoms with Crippen molar-refractivity contribution >= 4 is 39.4 Å². The minimum Gasteiger partial charge on any atom is -0.480 e. The second-order valence-corrected chi connectivity index (χ2v) is 10.5. The van der Waals surface area contributed by atoms with Gasteiger partial charge in [0.1, 0.15) is 12.4 Å². The molecule has 0 amide bonds. The van der Waals surface area contributed by atoms with E-state index in [0.29, 0.717) is 37.0 Å². The second-order valence-electron chi connectivity index (χ2n) is 10.1. The molecule has 0 fully saturated rings. The van der Waals surface area contributed by atoms with Crippen molar-refractivity contribution in [2.24, 2.45) is 5.41 Å². The van der Waals surface area contributed by atoms with Crippen molar-refractivity contribution in [3.63, 3.8) is 0 Å². The number of hydrogen-bond acceptors (Lipinski definition) is 9. The number of aromatic nitrogens is 1. The van der Waals surface area contributed by atoms with E-state index in [1.54, 1.807) is 6.07 Å². The molecule has 0 aliphatic heterocycles. The Morgan fingerprint density at radius 1 is 0.814 bits per heavy atom. The van der Waals surface area contributed by atoms with E-state index in [-0.39, 0.29) is 46.2 Å². The van der Waals surface area contributed by atoms with Gasteiger partial charge < -0.3 is 33.9 Å². The SMILES string of the molecule is CCC(COCCO)(COCCO)COCCOC(=O)COc1ccc(-c2c3ccccc3nc3ccccc23)cc1Cl. The van der Waals surface area contributed by atoms with Crippen LogP contribution in [-0.2, 0) is 23.7 Å². The number of hydrogen-bond donors (Lipinski definition) is 2. The maximum absolute atomic E-state index is 12.3. The molecule has 10 heteroatoms. The summed E-state index contributed by atoms with van der Waals surface area (Å²) in [6.45, 7) is 3.14. The fourth-order valence-corrected chi connectivity index (χ4v) is 4.98. The average Bonchev–Trinajstić information content (AvgIpc) is 3.02. The Morgan fingerprint density at radius 2 is 1.40 bits per heavy atom. The number of carbonyl (C=O) groups is 1. The molecule has 4 rings (SSSR count). The summed E-state index contributed by atoms with van der Waals surface area (Å²) in [5, 5.41) is 20.4. The Morgan fingerprint density at radius 3 is 1.95 bits per heavy atom. The fourth-order valence-electron chi connectivity index (χ4n) is 4.74. The summed E-state index contributed by atoms with van der Waals surface area (Å²) >= 11 is 6.60. The molecule has 0 saturated carbocycles. The number of aliphatic hydroxyl groups is 2. The van der Waals surface area contributed by atoms with Crippen LogP contribution in [0.3, 0.4) is 0 Å². The molecule has 0 atom stereocenters. The van der Waals surface area contributed by atoms with Gasteiger partial charge in [-0.3, -0.25) is 0 Å². The summed E-state index contributed by atoms with van der Waals surface area (Å²) < 4.78 is 27.8. The minimum atomic E-state index is -0.547. The average molecular weight is 612 g/mol. The van der Waals surface area contributed by atoms with E-state index in [9.17, 15) is 4.79 Å². The molecule has 43 heavy (non-hydrogen) atoms. The molecule has 0 saturated heterocycles. The van der Waals surface area contributed by atoms with Crippen LogP contribution in [-0.4, -0.2) is 87.2 Å². The van der Waals surface area contributed by atoms with Crippen LogP contribution >= 0.6 is 11.6 Å². The number of carbonyl (C=O) groups excluding carboxylic acids is 1. The highest BCUT2D eigenvalue weighted by molar-refractivity contribution is 6.32. The minimum absolute atomic E-state index is 0.0475. The summed E-state index contributed by atoms with van der Waals surface area (Å²) in [5.41, 5.74) is 3.28. The van der Waals surface area contributed by atoms with Crippen LogP contribution in [0.2, 0.25) is 5.02 Å². The van der Waals surface area contributed by atoms with Crippen LogP contribution in [0.4, 0.5) is 0 Å². The summed E-state index contributed by atoms with van der Waals surface area (Å²) in [6.07, 6.45) is 0.699. The zero-order chi connectivity index (χ0) is 30.5. The van der Waals surface area contributed by atoms with Gasteiger partial charge in [-0.1, -0.05) is 61.0 Å². The van der Waals surface area contributed by atoms with E-state index in [4.69, 9.17) is 50.5 Å². The van der Waals surface area contributed by atoms with Crippen molar-refractivity contribution in [2.45, 2.75) is 13.3 Å². The molecule has 1 heterocycles. The molecular formula is C33H38ClNO8. The van der Waals surface area contributed by atoms with Crippen molar-refractivity contribution in [1.82, 2.24) is 4.98 Å². The van der Waals surface area contributed by atoms with Crippen molar-refractivity contribution in [1.29, 1.82) is 0 Å². The highest BCUT2D eigenvalue weighted by Crippen LogP contribution is 2.38. The Hall–Kier alpha value is -3.31. The van der Waals surface area contributed by atoms with Gasteiger partial charge in [0.15, 0.2) is 6.61 Å². The number of nitrogens with zero attached hydrogens (tertiary/aromatic N) is 1. The lowest BCUT2D eigenvalue weighted by molar-refractivity contribution is -0.148. The standard InChI is InChI=1S/C33H38ClNO8/c1-2-33(21-39-15-13-36,22-40-16-14-37)23-41-17-18-42-31(38)20-43-30-12-11-24(19-27(30)34)32-25-7-3-5-9-28(25)35-29-10-6-4-8-26(29)32/h3-12,19,36-37H,2,13-18,20-23H2,1H3. The summed E-state index contributed by atoms with van der Waals surface area (Å²) in [5.74, 6) is -0.172. The zero-order valence-corrected chi connectivity index (χ0v) is 25.1. The molecule has 0 spiro atoms. The van der Waals surface area contributed by atoms with Crippen LogP contribution in [0, 0.1) is 5.41 Å². The van der Waals surface area contributed by atoms with Crippen molar-refractivity contribution in [3.05, 3.63) is 71.8 Å². The Kier molecular flexibility index (Phi) is 12.5. The van der Waals surface area contributed by atoms with Gasteiger partial charge in [-0.2, -0.15) is 0 Å². The second kappa shape index (κ2) is 16.5. The number of halogens is 1. The zero-order valence-electron chi connectivity index (χ0n) is 24.3. The predicted molar refractivity (Wildman–Crippen MR) is 166 cm³/mol. The molecule has 0 radical (unpaired) electrons. The lowest BCUT2D eigenvalue weighted by Gasteiger charge is -2.32. The van der Waals surface area contributed by atoms with Gasteiger partial charge in [-0.25, -0.2) is 9.78 Å². The quantitative estimate of drug-likeness (QED) is 0.0904. The van der Waals surface area contributed by atoms with Crippen molar-refractivity contribution in [2.75, 3.05) is 66.1 Å². The molecule has 0 aliphatic rings. The van der Waals surface area contributed by atoms with E-state index in [1.807, 2.05) is 67.6 Å². The molecule has 230 valence electrons. The third-order valence-electron chi connectivity index (χ3n) is 7.09. The van der Waals surface area contributed by atoms with Crippen LogP contribution in [0.15, 0.2) is 66.7 Å². The number of aliphatic hydroxyl groups excluding tert-OH is 2. The molecule has 1 aromatic heterocycles. The van der Waals surface area contributed by atoms with Gasteiger partial charge in [0.05, 0.1) is 68.9 Å².